The molecular formula is C38H44ClN7O6S. The van der Waals surface area contributed by atoms with E-state index in [1.54, 1.807) is 78.9 Å². The fourth-order valence-electron chi connectivity index (χ4n) is 5.84. The summed E-state index contributed by atoms with van der Waals surface area (Å²) >= 11 is 5.67. The fourth-order valence-corrected chi connectivity index (χ4v) is 7.39. The smallest absolute Gasteiger partial charge is 0.243 e. The maximum Gasteiger partial charge on any atom is 0.243 e. The van der Waals surface area contributed by atoms with Gasteiger partial charge in [-0.05, 0) is 42.5 Å². The van der Waals surface area contributed by atoms with Gasteiger partial charge in [-0.1, -0.05) is 84.9 Å². The van der Waals surface area contributed by atoms with Gasteiger partial charge < -0.3 is 26.6 Å². The van der Waals surface area contributed by atoms with Gasteiger partial charge in [-0.3, -0.25) is 24.6 Å². The Morgan fingerprint density at radius 3 is 1.89 bits per heavy atom. The van der Waals surface area contributed by atoms with Crippen LogP contribution in [0.1, 0.15) is 24.0 Å². The van der Waals surface area contributed by atoms with E-state index in [-0.39, 0.29) is 43.1 Å². The number of guanidine groups is 1. The number of nitrogens with two attached hydrogens (primary N) is 1. The zero-order valence-corrected chi connectivity index (χ0v) is 31.0. The van der Waals surface area contributed by atoms with Crippen LogP contribution in [0.3, 0.4) is 0 Å². The van der Waals surface area contributed by atoms with E-state index in [0.717, 1.165) is 5.69 Å². The molecule has 4 rings (SSSR count). The first-order valence-electron chi connectivity index (χ1n) is 16.9. The van der Waals surface area contributed by atoms with Crippen LogP contribution in [-0.2, 0) is 42.0 Å². The Labute approximate surface area is 314 Å². The minimum Gasteiger partial charge on any atom is -0.377 e. The number of nitrogens with zero attached hydrogens (tertiary/aromatic N) is 1. The molecule has 53 heavy (non-hydrogen) atoms. The molecule has 280 valence electrons. The third-order valence-electron chi connectivity index (χ3n) is 8.46. The number of amides is 2. The highest BCUT2D eigenvalue weighted by Gasteiger charge is 2.33. The summed E-state index contributed by atoms with van der Waals surface area (Å²) in [4.78, 5) is 55.3. The number of sulfonamides is 1. The number of fused-ring (bicyclic) bond motifs is 1. The van der Waals surface area contributed by atoms with Crippen molar-refractivity contribution in [2.45, 2.75) is 48.7 Å². The molecule has 15 heteroatoms. The SMILES string of the molecule is CN(C)c1cccc2c(S(=O)(=O)N[C@@H](Cc3ccccc3)C(=O)N[C@@H](Cc3ccccc3)C(=O)N[C@@H](CCCNC(=N)N)C(=O)C(=O)CCl)cccc12. The van der Waals surface area contributed by atoms with Crippen LogP contribution in [0.15, 0.2) is 102 Å². The lowest BCUT2D eigenvalue weighted by atomic mass is 10.0. The van der Waals surface area contributed by atoms with Crippen molar-refractivity contribution in [1.82, 2.24) is 20.7 Å². The molecule has 0 unspecified atom stereocenters. The summed E-state index contributed by atoms with van der Waals surface area (Å²) in [7, 11) is -0.610. The molecule has 0 bridgehead atoms. The van der Waals surface area contributed by atoms with Gasteiger partial charge in [-0.25, -0.2) is 8.42 Å². The van der Waals surface area contributed by atoms with Gasteiger partial charge in [0.25, 0.3) is 0 Å². The van der Waals surface area contributed by atoms with Gasteiger partial charge in [0.05, 0.1) is 16.8 Å². The lowest BCUT2D eigenvalue weighted by Crippen LogP contribution is -2.57. The Morgan fingerprint density at radius 1 is 0.755 bits per heavy atom. The summed E-state index contributed by atoms with van der Waals surface area (Å²) in [6.45, 7) is 0.197. The second-order valence-electron chi connectivity index (χ2n) is 12.6. The highest BCUT2D eigenvalue weighted by Crippen LogP contribution is 2.30. The van der Waals surface area contributed by atoms with E-state index in [0.29, 0.717) is 21.9 Å². The van der Waals surface area contributed by atoms with E-state index in [4.69, 9.17) is 22.7 Å². The summed E-state index contributed by atoms with van der Waals surface area (Å²) < 4.78 is 30.9. The predicted octanol–water partition coefficient (Wildman–Crippen LogP) is 2.65. The molecule has 0 aromatic heterocycles. The number of alkyl halides is 1. The number of nitrogens with one attached hydrogen (secondary N) is 5. The number of halogens is 1. The van der Waals surface area contributed by atoms with Crippen molar-refractivity contribution in [3.8, 4) is 0 Å². The lowest BCUT2D eigenvalue weighted by Gasteiger charge is -2.25. The number of hydrogen-bond donors (Lipinski definition) is 6. The number of benzene rings is 4. The molecule has 0 aliphatic rings. The summed E-state index contributed by atoms with van der Waals surface area (Å²) in [6.07, 6.45) is 0.201. The van der Waals surface area contributed by atoms with Crippen LogP contribution in [0.25, 0.3) is 10.8 Å². The zero-order chi connectivity index (χ0) is 38.5. The van der Waals surface area contributed by atoms with Crippen LogP contribution >= 0.6 is 11.6 Å². The highest BCUT2D eigenvalue weighted by molar-refractivity contribution is 7.89. The average molecular weight is 762 g/mol. The van der Waals surface area contributed by atoms with Gasteiger partial charge in [-0.2, -0.15) is 4.72 Å². The van der Waals surface area contributed by atoms with Gasteiger partial charge in [0, 0.05) is 43.5 Å². The molecule has 0 aliphatic heterocycles. The normalized spacial score (nSPS) is 13.0. The molecule has 0 spiro atoms. The number of rotatable bonds is 19. The van der Waals surface area contributed by atoms with Crippen molar-refractivity contribution in [3.63, 3.8) is 0 Å². The largest absolute Gasteiger partial charge is 0.377 e. The Hall–Kier alpha value is -5.31. The van der Waals surface area contributed by atoms with E-state index < -0.39 is 57.4 Å². The van der Waals surface area contributed by atoms with Crippen LogP contribution in [0.5, 0.6) is 0 Å². The maximum absolute atomic E-state index is 14.2. The topological polar surface area (TPSA) is 204 Å². The molecule has 13 nitrogen and oxygen atoms in total. The Bertz CT molecular complexity index is 2030. The van der Waals surface area contributed by atoms with Gasteiger partial charge in [0.1, 0.15) is 12.1 Å². The molecule has 7 N–H and O–H groups in total. The van der Waals surface area contributed by atoms with Crippen LogP contribution in [0.2, 0.25) is 0 Å². The van der Waals surface area contributed by atoms with Crippen molar-refractivity contribution >= 4 is 67.4 Å². The molecular weight excluding hydrogens is 718 g/mol. The number of hydrogen-bond acceptors (Lipinski definition) is 8. The summed E-state index contributed by atoms with van der Waals surface area (Å²) in [5.74, 6) is -4.23. The average Bonchev–Trinajstić information content (AvgIpc) is 3.14. The van der Waals surface area contributed by atoms with Crippen LogP contribution in [-0.4, -0.2) is 82.4 Å². The third kappa shape index (κ3) is 11.3. The second kappa shape index (κ2) is 19.0. The van der Waals surface area contributed by atoms with Crippen molar-refractivity contribution in [1.29, 1.82) is 5.41 Å². The van der Waals surface area contributed by atoms with Gasteiger partial charge >= 0.3 is 0 Å². The Balaban J connectivity index is 1.67. The fraction of sp³-hybridized carbons (Fsp3) is 0.289. The quantitative estimate of drug-likeness (QED) is 0.0273. The monoisotopic (exact) mass is 761 g/mol. The molecule has 0 saturated heterocycles. The third-order valence-corrected chi connectivity index (χ3v) is 10.2. The number of ketones is 2. The van der Waals surface area contributed by atoms with E-state index in [1.165, 1.54) is 6.07 Å². The lowest BCUT2D eigenvalue weighted by molar-refractivity contribution is -0.138. The molecule has 0 aliphatic carbocycles. The number of anilines is 1. The minimum absolute atomic E-state index is 0.0104. The van der Waals surface area contributed by atoms with Crippen LogP contribution in [0, 0.1) is 5.41 Å². The molecule has 4 aromatic carbocycles. The van der Waals surface area contributed by atoms with Gasteiger partial charge in [0.2, 0.25) is 33.4 Å². The van der Waals surface area contributed by atoms with Crippen molar-refractivity contribution in [2.24, 2.45) is 5.73 Å². The van der Waals surface area contributed by atoms with Crippen LogP contribution < -0.4 is 31.3 Å². The summed E-state index contributed by atoms with van der Waals surface area (Å²) in [5, 5.41) is 16.5. The molecule has 4 aromatic rings. The van der Waals surface area contributed by atoms with Crippen molar-refractivity contribution in [3.05, 3.63) is 108 Å². The number of carbonyl (C=O) groups is 4. The molecule has 0 saturated carbocycles. The first kappa shape index (κ1) is 40.5. The van der Waals surface area contributed by atoms with Crippen molar-refractivity contribution < 1.29 is 27.6 Å². The second-order valence-corrected chi connectivity index (χ2v) is 14.6. The first-order valence-corrected chi connectivity index (χ1v) is 18.9. The van der Waals surface area contributed by atoms with E-state index >= 15 is 0 Å². The maximum atomic E-state index is 14.2. The predicted molar refractivity (Wildman–Crippen MR) is 206 cm³/mol. The molecule has 3 atom stereocenters. The van der Waals surface area contributed by atoms with Crippen molar-refractivity contribution in [2.75, 3.05) is 31.4 Å². The standard InChI is InChI=1S/C38H44ClN7O6S/c1-46(2)32-19-9-17-28-27(32)16-10-20-34(28)53(51,52)45-31(23-26-14-7-4-8-15-26)37(50)44-30(22-25-12-5-3-6-13-25)36(49)43-29(35(48)33(47)24-39)18-11-21-42-38(40)41/h3-10,12-17,19-20,29-31,45H,11,18,21-24H2,1-2H3,(H,43,49)(H,44,50)(H4,40,41,42)/t29-,30-,31-/m0/s1. The Morgan fingerprint density at radius 2 is 1.30 bits per heavy atom. The summed E-state index contributed by atoms with van der Waals surface area (Å²) in [5.41, 5.74) is 7.49. The summed E-state index contributed by atoms with van der Waals surface area (Å²) in [6, 6.07) is 24.0. The zero-order valence-electron chi connectivity index (χ0n) is 29.5. The van der Waals surface area contributed by atoms with E-state index in [2.05, 4.69) is 20.7 Å². The molecule has 0 radical (unpaired) electrons. The Kier molecular flexibility index (Phi) is 14.5. The molecule has 0 heterocycles. The van der Waals surface area contributed by atoms with Gasteiger partial charge in [-0.15, -0.1) is 11.6 Å². The van der Waals surface area contributed by atoms with Gasteiger partial charge in [0.15, 0.2) is 5.96 Å². The highest BCUT2D eigenvalue weighted by atomic mass is 35.5. The number of carbonyl (C=O) groups excluding carboxylic acids is 4. The first-order chi connectivity index (χ1) is 25.3. The minimum atomic E-state index is -4.32. The van der Waals surface area contributed by atoms with E-state index in [1.807, 2.05) is 31.1 Å². The van der Waals surface area contributed by atoms with Crippen LogP contribution in [0.4, 0.5) is 5.69 Å². The van der Waals surface area contributed by atoms with E-state index in [9.17, 15) is 27.6 Å². The number of Topliss-reactive ketones (excluding diaryl/α,β-unsaturated/α-hetero) is 2. The molecule has 2 amide bonds. The molecule has 0 fully saturated rings.